The number of rotatable bonds is 8. The van der Waals surface area contributed by atoms with Crippen LogP contribution >= 0.6 is 0 Å². The third-order valence-corrected chi connectivity index (χ3v) is 8.53. The topological polar surface area (TPSA) is 119 Å². The summed E-state index contributed by atoms with van der Waals surface area (Å²) in [7, 11) is -3.62. The Morgan fingerprint density at radius 2 is 1.73 bits per heavy atom. The van der Waals surface area contributed by atoms with Crippen LogP contribution in [0.15, 0.2) is 76.0 Å². The molecule has 0 spiro atoms. The highest BCUT2D eigenvalue weighted by Gasteiger charge is 2.23. The van der Waals surface area contributed by atoms with Crippen molar-refractivity contribution in [3.63, 3.8) is 0 Å². The number of ether oxygens (including phenoxy) is 1. The predicted molar refractivity (Wildman–Crippen MR) is 159 cm³/mol. The highest BCUT2D eigenvalue weighted by molar-refractivity contribution is 7.89. The van der Waals surface area contributed by atoms with Crippen molar-refractivity contribution >= 4 is 37.9 Å². The molecule has 0 bridgehead atoms. The summed E-state index contributed by atoms with van der Waals surface area (Å²) in [5, 5.41) is 11.5. The van der Waals surface area contributed by atoms with Gasteiger partial charge in [-0.1, -0.05) is 36.4 Å². The van der Waals surface area contributed by atoms with Gasteiger partial charge in [0.25, 0.3) is 0 Å². The van der Waals surface area contributed by atoms with Gasteiger partial charge in [0.2, 0.25) is 10.0 Å². The molecule has 41 heavy (non-hydrogen) atoms. The number of aromatic nitrogens is 1. The van der Waals surface area contributed by atoms with Crippen LogP contribution in [0.5, 0.6) is 5.75 Å². The summed E-state index contributed by atoms with van der Waals surface area (Å²) in [4.78, 5) is 17.5. The van der Waals surface area contributed by atoms with E-state index >= 15 is 0 Å². The molecule has 2 N–H and O–H groups in total. The van der Waals surface area contributed by atoms with E-state index in [4.69, 9.17) is 14.1 Å². The van der Waals surface area contributed by atoms with E-state index in [-0.39, 0.29) is 17.1 Å². The highest BCUT2D eigenvalue weighted by Crippen LogP contribution is 2.37. The summed E-state index contributed by atoms with van der Waals surface area (Å²) in [6.07, 6.45) is 0.495. The van der Waals surface area contributed by atoms with Gasteiger partial charge in [-0.15, -0.1) is 0 Å². The number of hydrogen-bond acceptors (Lipinski definition) is 6. The Morgan fingerprint density at radius 1 is 1.02 bits per heavy atom. The van der Waals surface area contributed by atoms with Gasteiger partial charge in [-0.05, 0) is 76.1 Å². The van der Waals surface area contributed by atoms with E-state index in [0.717, 1.165) is 22.1 Å². The number of nitrogens with one attached hydrogen (secondary N) is 1. The van der Waals surface area contributed by atoms with Crippen LogP contribution in [0.4, 0.5) is 0 Å². The largest absolute Gasteiger partial charge is 0.493 e. The number of sulfonamides is 1. The molecule has 0 aliphatic rings. The molecule has 5 aromatic rings. The zero-order valence-electron chi connectivity index (χ0n) is 23.6. The molecule has 0 saturated carbocycles. The number of hydrogen-bond donors (Lipinski definition) is 2. The summed E-state index contributed by atoms with van der Waals surface area (Å²) in [5.74, 6) is -0.148. The first-order valence-corrected chi connectivity index (χ1v) is 14.7. The number of nitrogens with zero attached hydrogens (tertiary/aromatic N) is 1. The van der Waals surface area contributed by atoms with Gasteiger partial charge in [0.1, 0.15) is 17.0 Å². The van der Waals surface area contributed by atoms with Crippen molar-refractivity contribution in [1.29, 1.82) is 0 Å². The maximum Gasteiger partial charge on any atom is 0.336 e. The first-order valence-electron chi connectivity index (χ1n) is 13.3. The number of carbonyl (C=O) groups is 1. The Kier molecular flexibility index (Phi) is 7.35. The number of fused-ring (bicyclic) bond motifs is 2. The molecule has 0 unspecified atom stereocenters. The first kappa shape index (κ1) is 28.3. The zero-order valence-corrected chi connectivity index (χ0v) is 24.4. The SMILES string of the molecule is Cc1c(-c2cc(C(=O)O)c3c(OCCc4ccc(S(=O)(=O)NC(C)(C)C)cc4)ccc(C)c3n2)oc2ccccc12. The molecule has 0 fully saturated rings. The predicted octanol–water partition coefficient (Wildman–Crippen LogP) is 6.66. The molecule has 0 saturated heterocycles. The summed E-state index contributed by atoms with van der Waals surface area (Å²) in [6.45, 7) is 9.44. The van der Waals surface area contributed by atoms with E-state index < -0.39 is 21.5 Å². The first-order chi connectivity index (χ1) is 19.3. The van der Waals surface area contributed by atoms with Gasteiger partial charge in [0.15, 0.2) is 5.76 Å². The minimum atomic E-state index is -3.62. The van der Waals surface area contributed by atoms with Crippen LogP contribution in [-0.2, 0) is 16.4 Å². The molecule has 0 radical (unpaired) electrons. The van der Waals surface area contributed by atoms with Crippen molar-refractivity contribution in [2.75, 3.05) is 6.61 Å². The molecular formula is C32H32N2O6S. The lowest BCUT2D eigenvalue weighted by Gasteiger charge is -2.20. The minimum Gasteiger partial charge on any atom is -0.493 e. The van der Waals surface area contributed by atoms with Gasteiger partial charge >= 0.3 is 5.97 Å². The fourth-order valence-electron chi connectivity index (χ4n) is 4.84. The maximum absolute atomic E-state index is 12.6. The molecule has 2 aromatic heterocycles. The third-order valence-electron chi connectivity index (χ3n) is 6.75. The average molecular weight is 573 g/mol. The van der Waals surface area contributed by atoms with Crippen LogP contribution in [0.25, 0.3) is 33.3 Å². The molecule has 3 aromatic carbocycles. The molecule has 0 amide bonds. The summed E-state index contributed by atoms with van der Waals surface area (Å²) in [6, 6.07) is 19.4. The van der Waals surface area contributed by atoms with Crippen LogP contribution in [0.1, 0.15) is 47.8 Å². The lowest BCUT2D eigenvalue weighted by atomic mass is 10.0. The lowest BCUT2D eigenvalue weighted by Crippen LogP contribution is -2.40. The molecule has 2 heterocycles. The third kappa shape index (κ3) is 5.82. The van der Waals surface area contributed by atoms with Crippen molar-refractivity contribution in [2.24, 2.45) is 0 Å². The number of furan rings is 1. The van der Waals surface area contributed by atoms with Gasteiger partial charge < -0.3 is 14.3 Å². The number of benzene rings is 3. The standard InChI is InChI=1S/C32H32N2O6S/c1-19-10-15-27(39-17-16-21-11-13-22(14-12-21)41(37,38)34-32(3,4)5)28-24(31(35)36)18-25(33-29(19)28)30-20(2)23-8-6-7-9-26(23)40-30/h6-15,18,34H,16-17H2,1-5H3,(H,35,36). The van der Waals surface area contributed by atoms with E-state index in [9.17, 15) is 18.3 Å². The van der Waals surface area contributed by atoms with Crippen molar-refractivity contribution < 1.29 is 27.5 Å². The molecule has 5 rings (SSSR count). The van der Waals surface area contributed by atoms with Crippen LogP contribution < -0.4 is 9.46 Å². The monoisotopic (exact) mass is 572 g/mol. The Bertz CT molecular complexity index is 1880. The van der Waals surface area contributed by atoms with Gasteiger partial charge in [0.05, 0.1) is 28.0 Å². The molecule has 212 valence electrons. The fourth-order valence-corrected chi connectivity index (χ4v) is 6.26. The van der Waals surface area contributed by atoms with E-state index in [1.165, 1.54) is 6.07 Å². The van der Waals surface area contributed by atoms with Gasteiger partial charge in [-0.25, -0.2) is 22.9 Å². The second-order valence-electron chi connectivity index (χ2n) is 11.1. The van der Waals surface area contributed by atoms with Crippen LogP contribution in [-0.4, -0.2) is 36.6 Å². The molecule has 0 aliphatic heterocycles. The second-order valence-corrected chi connectivity index (χ2v) is 12.8. The van der Waals surface area contributed by atoms with Gasteiger partial charge in [0, 0.05) is 22.9 Å². The fraction of sp³-hybridized carbons (Fsp3) is 0.250. The smallest absolute Gasteiger partial charge is 0.336 e. The van der Waals surface area contributed by atoms with Crippen LogP contribution in [0.2, 0.25) is 0 Å². The molecule has 0 atom stereocenters. The summed E-state index contributed by atoms with van der Waals surface area (Å²) in [5.41, 5.74) is 3.76. The molecule has 8 nitrogen and oxygen atoms in total. The highest BCUT2D eigenvalue weighted by atomic mass is 32.2. The van der Waals surface area contributed by atoms with Crippen molar-refractivity contribution in [1.82, 2.24) is 9.71 Å². The number of pyridine rings is 1. The van der Waals surface area contributed by atoms with E-state index in [0.29, 0.717) is 40.1 Å². The molecule has 0 aliphatic carbocycles. The van der Waals surface area contributed by atoms with Crippen molar-refractivity contribution in [3.05, 3.63) is 89.0 Å². The Balaban J connectivity index is 1.43. The number of carboxylic acids is 1. The quantitative estimate of drug-likeness (QED) is 0.213. The van der Waals surface area contributed by atoms with Crippen LogP contribution in [0, 0.1) is 13.8 Å². The Labute approximate surface area is 239 Å². The lowest BCUT2D eigenvalue weighted by molar-refractivity contribution is 0.0698. The Morgan fingerprint density at radius 3 is 2.39 bits per heavy atom. The minimum absolute atomic E-state index is 0.0736. The number of carboxylic acid groups (broad SMARTS) is 1. The summed E-state index contributed by atoms with van der Waals surface area (Å²) < 4.78 is 40.0. The summed E-state index contributed by atoms with van der Waals surface area (Å²) >= 11 is 0. The Hall–Kier alpha value is -4.21. The van der Waals surface area contributed by atoms with E-state index in [2.05, 4.69) is 4.72 Å². The van der Waals surface area contributed by atoms with Gasteiger partial charge in [-0.3, -0.25) is 0 Å². The number of para-hydroxylation sites is 1. The number of aromatic carboxylic acids is 1. The molecular weight excluding hydrogens is 540 g/mol. The van der Waals surface area contributed by atoms with Gasteiger partial charge in [-0.2, -0.15) is 0 Å². The van der Waals surface area contributed by atoms with Crippen molar-refractivity contribution in [3.8, 4) is 17.2 Å². The average Bonchev–Trinajstić information content (AvgIpc) is 3.25. The number of aryl methyl sites for hydroxylation is 2. The second kappa shape index (κ2) is 10.6. The maximum atomic E-state index is 12.6. The van der Waals surface area contributed by atoms with Crippen LogP contribution in [0.3, 0.4) is 0 Å². The van der Waals surface area contributed by atoms with E-state index in [1.54, 1.807) is 51.1 Å². The normalized spacial score (nSPS) is 12.2. The van der Waals surface area contributed by atoms with E-state index in [1.807, 2.05) is 44.2 Å². The van der Waals surface area contributed by atoms with Crippen molar-refractivity contribution in [2.45, 2.75) is 51.5 Å². The molecule has 9 heteroatoms. The zero-order chi connectivity index (χ0) is 29.5.